The molecule has 2 nitrogen and oxygen atoms in total. The quantitative estimate of drug-likeness (QED) is 0.754. The van der Waals surface area contributed by atoms with Crippen molar-refractivity contribution in [3.8, 4) is 5.75 Å². The van der Waals surface area contributed by atoms with Gasteiger partial charge in [-0.3, -0.25) is 0 Å². The van der Waals surface area contributed by atoms with Crippen molar-refractivity contribution in [3.05, 3.63) is 23.2 Å². The highest BCUT2D eigenvalue weighted by atomic mass is 35.5. The molecule has 0 bridgehead atoms. The molecule has 0 saturated heterocycles. The number of halogens is 1. The highest BCUT2D eigenvalue weighted by Gasteiger charge is 2.01. The van der Waals surface area contributed by atoms with Gasteiger partial charge in [0.25, 0.3) is 0 Å². The van der Waals surface area contributed by atoms with E-state index in [2.05, 4.69) is 19.2 Å². The van der Waals surface area contributed by atoms with Crippen LogP contribution in [0.3, 0.4) is 0 Å². The van der Waals surface area contributed by atoms with Gasteiger partial charge in [-0.25, -0.2) is 0 Å². The number of hydrogen-bond acceptors (Lipinski definition) is 2. The summed E-state index contributed by atoms with van der Waals surface area (Å²) < 4.78 is 5.16. The van der Waals surface area contributed by atoms with Crippen molar-refractivity contribution in [2.45, 2.75) is 26.7 Å². The zero-order chi connectivity index (χ0) is 12.0. The molecule has 0 saturated carbocycles. The van der Waals surface area contributed by atoms with E-state index in [1.165, 1.54) is 12.8 Å². The first-order chi connectivity index (χ1) is 7.63. The first-order valence-corrected chi connectivity index (χ1v) is 6.08. The monoisotopic (exact) mass is 241 g/mol. The summed E-state index contributed by atoms with van der Waals surface area (Å²) in [7, 11) is 1.63. The molecule has 1 aromatic carbocycles. The van der Waals surface area contributed by atoms with Gasteiger partial charge in [-0.1, -0.05) is 25.4 Å². The van der Waals surface area contributed by atoms with Gasteiger partial charge >= 0.3 is 0 Å². The van der Waals surface area contributed by atoms with Crippen molar-refractivity contribution in [3.63, 3.8) is 0 Å². The Morgan fingerprint density at radius 3 is 2.75 bits per heavy atom. The molecule has 0 fully saturated rings. The molecule has 0 amide bonds. The van der Waals surface area contributed by atoms with Gasteiger partial charge in [-0.15, -0.1) is 0 Å². The third-order valence-electron chi connectivity index (χ3n) is 2.44. The molecule has 0 heterocycles. The van der Waals surface area contributed by atoms with Gasteiger partial charge in [0.2, 0.25) is 0 Å². The summed E-state index contributed by atoms with van der Waals surface area (Å²) >= 11 is 5.95. The van der Waals surface area contributed by atoms with Crippen LogP contribution in [-0.4, -0.2) is 13.7 Å². The molecular formula is C13H20ClNO. The number of nitrogens with one attached hydrogen (secondary N) is 1. The summed E-state index contributed by atoms with van der Waals surface area (Å²) in [5.41, 5.74) is 1.06. The number of methoxy groups -OCH3 is 1. The highest BCUT2D eigenvalue weighted by molar-refractivity contribution is 6.32. The van der Waals surface area contributed by atoms with E-state index in [-0.39, 0.29) is 0 Å². The van der Waals surface area contributed by atoms with Gasteiger partial charge in [-0.05, 0) is 30.9 Å². The van der Waals surface area contributed by atoms with Gasteiger partial charge in [0.05, 0.1) is 12.1 Å². The fourth-order valence-corrected chi connectivity index (χ4v) is 1.71. The standard InChI is InChI=1S/C13H20ClNO/c1-10(2)5-4-8-15-11-6-7-12(14)13(9-11)16-3/h6-7,9-10,15H,4-5,8H2,1-3H3. The van der Waals surface area contributed by atoms with Crippen molar-refractivity contribution < 1.29 is 4.74 Å². The number of ether oxygens (including phenoxy) is 1. The van der Waals surface area contributed by atoms with E-state index in [0.717, 1.165) is 23.9 Å². The van der Waals surface area contributed by atoms with Gasteiger partial charge < -0.3 is 10.1 Å². The van der Waals surface area contributed by atoms with Crippen LogP contribution in [0, 0.1) is 5.92 Å². The van der Waals surface area contributed by atoms with Crippen LogP contribution in [0.25, 0.3) is 0 Å². The van der Waals surface area contributed by atoms with Crippen LogP contribution in [-0.2, 0) is 0 Å². The molecule has 0 aliphatic heterocycles. The number of benzene rings is 1. The Morgan fingerprint density at radius 2 is 2.12 bits per heavy atom. The molecule has 1 N–H and O–H groups in total. The summed E-state index contributed by atoms with van der Waals surface area (Å²) in [5, 5.41) is 4.01. The molecule has 0 aromatic heterocycles. The van der Waals surface area contributed by atoms with Crippen LogP contribution < -0.4 is 10.1 Å². The van der Waals surface area contributed by atoms with Crippen LogP contribution in [0.5, 0.6) is 5.75 Å². The normalized spacial score (nSPS) is 10.6. The van der Waals surface area contributed by atoms with E-state index in [1.807, 2.05) is 18.2 Å². The molecular weight excluding hydrogens is 222 g/mol. The number of anilines is 1. The lowest BCUT2D eigenvalue weighted by atomic mass is 10.1. The van der Waals surface area contributed by atoms with Gasteiger partial charge in [-0.2, -0.15) is 0 Å². The van der Waals surface area contributed by atoms with E-state index in [1.54, 1.807) is 7.11 Å². The first kappa shape index (κ1) is 13.2. The summed E-state index contributed by atoms with van der Waals surface area (Å²) in [5.74, 6) is 1.48. The van der Waals surface area contributed by atoms with Gasteiger partial charge in [0, 0.05) is 18.3 Å². The largest absolute Gasteiger partial charge is 0.495 e. The van der Waals surface area contributed by atoms with Crippen LogP contribution in [0.15, 0.2) is 18.2 Å². The first-order valence-electron chi connectivity index (χ1n) is 5.71. The van der Waals surface area contributed by atoms with Crippen LogP contribution in [0.1, 0.15) is 26.7 Å². The molecule has 90 valence electrons. The lowest BCUT2D eigenvalue weighted by Gasteiger charge is -2.10. The second-order valence-corrected chi connectivity index (χ2v) is 4.72. The Labute approximate surface area is 103 Å². The Hall–Kier alpha value is -0.890. The van der Waals surface area contributed by atoms with Gasteiger partial charge in [0.15, 0.2) is 0 Å². The van der Waals surface area contributed by atoms with E-state index < -0.39 is 0 Å². The van der Waals surface area contributed by atoms with Gasteiger partial charge in [0.1, 0.15) is 5.75 Å². The minimum atomic E-state index is 0.648. The average Bonchev–Trinajstić information content (AvgIpc) is 2.26. The molecule has 0 unspecified atom stereocenters. The molecule has 3 heteroatoms. The van der Waals surface area contributed by atoms with Crippen LogP contribution in [0.4, 0.5) is 5.69 Å². The fraction of sp³-hybridized carbons (Fsp3) is 0.538. The number of hydrogen-bond donors (Lipinski definition) is 1. The van der Waals surface area contributed by atoms with E-state index in [4.69, 9.17) is 16.3 Å². The summed E-state index contributed by atoms with van der Waals surface area (Å²) in [6.45, 7) is 5.47. The highest BCUT2D eigenvalue weighted by Crippen LogP contribution is 2.27. The summed E-state index contributed by atoms with van der Waals surface area (Å²) in [4.78, 5) is 0. The molecule has 0 atom stereocenters. The third kappa shape index (κ3) is 4.31. The topological polar surface area (TPSA) is 21.3 Å². The molecule has 0 aliphatic rings. The zero-order valence-corrected chi connectivity index (χ0v) is 11.0. The lowest BCUT2D eigenvalue weighted by Crippen LogP contribution is -2.03. The predicted molar refractivity (Wildman–Crippen MR) is 70.6 cm³/mol. The van der Waals surface area contributed by atoms with Crippen LogP contribution >= 0.6 is 11.6 Å². The zero-order valence-electron chi connectivity index (χ0n) is 10.2. The van der Waals surface area contributed by atoms with Crippen LogP contribution in [0.2, 0.25) is 5.02 Å². The second kappa shape index (κ2) is 6.64. The maximum Gasteiger partial charge on any atom is 0.139 e. The van der Waals surface area contributed by atoms with Crippen molar-refractivity contribution in [1.29, 1.82) is 0 Å². The Kier molecular flexibility index (Phi) is 5.47. The Balaban J connectivity index is 2.42. The maximum atomic E-state index is 5.95. The SMILES string of the molecule is COc1cc(NCCCC(C)C)ccc1Cl. The minimum absolute atomic E-state index is 0.648. The van der Waals surface area contributed by atoms with E-state index in [9.17, 15) is 0 Å². The third-order valence-corrected chi connectivity index (χ3v) is 2.75. The molecule has 0 radical (unpaired) electrons. The Morgan fingerprint density at radius 1 is 1.38 bits per heavy atom. The van der Waals surface area contributed by atoms with Crippen molar-refractivity contribution in [1.82, 2.24) is 0 Å². The molecule has 0 spiro atoms. The van der Waals surface area contributed by atoms with Crippen molar-refractivity contribution in [2.75, 3.05) is 19.0 Å². The fourth-order valence-electron chi connectivity index (χ4n) is 1.51. The summed E-state index contributed by atoms with van der Waals surface area (Å²) in [6, 6.07) is 5.75. The van der Waals surface area contributed by atoms with Crippen molar-refractivity contribution in [2.24, 2.45) is 5.92 Å². The van der Waals surface area contributed by atoms with E-state index >= 15 is 0 Å². The maximum absolute atomic E-state index is 5.95. The molecule has 1 aromatic rings. The molecule has 1 rings (SSSR count). The average molecular weight is 242 g/mol. The van der Waals surface area contributed by atoms with Crippen molar-refractivity contribution >= 4 is 17.3 Å². The molecule has 0 aliphatic carbocycles. The summed E-state index contributed by atoms with van der Waals surface area (Å²) in [6.07, 6.45) is 2.43. The smallest absolute Gasteiger partial charge is 0.139 e. The second-order valence-electron chi connectivity index (χ2n) is 4.31. The Bertz CT molecular complexity index is 326. The lowest BCUT2D eigenvalue weighted by molar-refractivity contribution is 0.415. The number of rotatable bonds is 6. The predicted octanol–water partition coefficient (Wildman–Crippen LogP) is 4.20. The van der Waals surface area contributed by atoms with E-state index in [0.29, 0.717) is 5.02 Å². The molecule has 16 heavy (non-hydrogen) atoms. The minimum Gasteiger partial charge on any atom is -0.495 e.